The molecular formula is C15H27N3O2. The lowest BCUT2D eigenvalue weighted by Crippen LogP contribution is -2.51. The fourth-order valence-electron chi connectivity index (χ4n) is 3.07. The van der Waals surface area contributed by atoms with Gasteiger partial charge in [-0.3, -0.25) is 4.79 Å². The summed E-state index contributed by atoms with van der Waals surface area (Å²) in [6, 6.07) is 0.425. The Hall–Kier alpha value is -1.26. The first-order valence-electron chi connectivity index (χ1n) is 7.92. The summed E-state index contributed by atoms with van der Waals surface area (Å²) in [4.78, 5) is 25.8. The van der Waals surface area contributed by atoms with Gasteiger partial charge in [0.1, 0.15) is 0 Å². The quantitative estimate of drug-likeness (QED) is 0.829. The topological polar surface area (TPSA) is 61.4 Å². The molecule has 114 valence electrons. The Labute approximate surface area is 121 Å². The van der Waals surface area contributed by atoms with Crippen molar-refractivity contribution in [3.05, 3.63) is 0 Å². The average Bonchev–Trinajstić information content (AvgIpc) is 2.92. The van der Waals surface area contributed by atoms with E-state index in [-0.39, 0.29) is 29.9 Å². The number of carbonyl (C=O) groups excluding carboxylic acids is 2. The Morgan fingerprint density at radius 1 is 1.05 bits per heavy atom. The van der Waals surface area contributed by atoms with E-state index in [9.17, 15) is 9.59 Å². The predicted octanol–water partition coefficient (Wildman–Crippen LogP) is 1.88. The minimum Gasteiger partial charge on any atom is -0.353 e. The molecule has 0 aromatic heterocycles. The molecule has 1 saturated heterocycles. The molecule has 2 rings (SSSR count). The molecule has 2 N–H and O–H groups in total. The van der Waals surface area contributed by atoms with Crippen molar-refractivity contribution in [3.63, 3.8) is 0 Å². The molecule has 0 unspecified atom stereocenters. The summed E-state index contributed by atoms with van der Waals surface area (Å²) < 4.78 is 0. The number of hydrogen-bond donors (Lipinski definition) is 2. The molecule has 1 heterocycles. The molecule has 0 aromatic carbocycles. The van der Waals surface area contributed by atoms with Crippen LogP contribution in [0.25, 0.3) is 0 Å². The lowest BCUT2D eigenvalue weighted by Gasteiger charge is -2.33. The first-order chi connectivity index (χ1) is 9.56. The van der Waals surface area contributed by atoms with E-state index in [4.69, 9.17) is 0 Å². The van der Waals surface area contributed by atoms with Crippen molar-refractivity contribution in [1.82, 2.24) is 15.5 Å². The number of rotatable bonds is 3. The number of hydrogen-bond acceptors (Lipinski definition) is 2. The smallest absolute Gasteiger partial charge is 0.317 e. The second kappa shape index (κ2) is 6.95. The molecule has 0 aromatic rings. The summed E-state index contributed by atoms with van der Waals surface area (Å²) >= 11 is 0. The van der Waals surface area contributed by atoms with Crippen LogP contribution in [0.15, 0.2) is 0 Å². The number of carbonyl (C=O) groups is 2. The normalized spacial score (nSPS) is 21.2. The molecule has 0 bridgehead atoms. The number of urea groups is 1. The van der Waals surface area contributed by atoms with E-state index in [2.05, 4.69) is 10.6 Å². The SMILES string of the molecule is CC(C)NC(=O)N1CCC(NC(=O)C2CCCC2)CC1. The van der Waals surface area contributed by atoms with E-state index in [1.165, 1.54) is 12.8 Å². The second-order valence-corrected chi connectivity index (χ2v) is 6.36. The van der Waals surface area contributed by atoms with Crippen LogP contribution < -0.4 is 10.6 Å². The van der Waals surface area contributed by atoms with Gasteiger partial charge in [0.15, 0.2) is 0 Å². The van der Waals surface area contributed by atoms with Crippen LogP contribution >= 0.6 is 0 Å². The third-order valence-corrected chi connectivity index (χ3v) is 4.27. The lowest BCUT2D eigenvalue weighted by molar-refractivity contribution is -0.125. The Morgan fingerprint density at radius 3 is 2.20 bits per heavy atom. The van der Waals surface area contributed by atoms with Gasteiger partial charge in [0.2, 0.25) is 5.91 Å². The summed E-state index contributed by atoms with van der Waals surface area (Å²) in [5.41, 5.74) is 0. The first-order valence-corrected chi connectivity index (χ1v) is 7.92. The van der Waals surface area contributed by atoms with Crippen molar-refractivity contribution in [1.29, 1.82) is 0 Å². The molecule has 3 amide bonds. The maximum Gasteiger partial charge on any atom is 0.317 e. The van der Waals surface area contributed by atoms with Gasteiger partial charge in [-0.2, -0.15) is 0 Å². The van der Waals surface area contributed by atoms with E-state index in [1.54, 1.807) is 0 Å². The number of nitrogens with one attached hydrogen (secondary N) is 2. The van der Waals surface area contributed by atoms with Gasteiger partial charge in [0.25, 0.3) is 0 Å². The minimum absolute atomic E-state index is 0.0144. The molecule has 0 atom stereocenters. The van der Waals surface area contributed by atoms with E-state index < -0.39 is 0 Å². The highest BCUT2D eigenvalue weighted by molar-refractivity contribution is 5.79. The zero-order valence-corrected chi connectivity index (χ0v) is 12.7. The third-order valence-electron chi connectivity index (χ3n) is 4.27. The zero-order chi connectivity index (χ0) is 14.5. The Balaban J connectivity index is 1.71. The van der Waals surface area contributed by atoms with E-state index in [1.807, 2.05) is 18.7 Å². The van der Waals surface area contributed by atoms with Crippen LogP contribution in [-0.4, -0.2) is 42.0 Å². The van der Waals surface area contributed by atoms with Crippen molar-refractivity contribution in [2.24, 2.45) is 5.92 Å². The van der Waals surface area contributed by atoms with Gasteiger partial charge in [-0.25, -0.2) is 4.79 Å². The highest BCUT2D eigenvalue weighted by atomic mass is 16.2. The first kappa shape index (κ1) is 15.1. The molecule has 20 heavy (non-hydrogen) atoms. The van der Waals surface area contributed by atoms with Crippen LogP contribution in [-0.2, 0) is 4.79 Å². The number of piperidine rings is 1. The van der Waals surface area contributed by atoms with Crippen molar-refractivity contribution in [3.8, 4) is 0 Å². The highest BCUT2D eigenvalue weighted by Gasteiger charge is 2.27. The number of amides is 3. The summed E-state index contributed by atoms with van der Waals surface area (Å²) in [6.45, 7) is 5.39. The molecule has 0 radical (unpaired) electrons. The molecular weight excluding hydrogens is 254 g/mol. The number of nitrogens with zero attached hydrogens (tertiary/aromatic N) is 1. The third kappa shape index (κ3) is 4.12. The van der Waals surface area contributed by atoms with E-state index >= 15 is 0 Å². The molecule has 2 aliphatic rings. The van der Waals surface area contributed by atoms with Gasteiger partial charge >= 0.3 is 6.03 Å². The van der Waals surface area contributed by atoms with Gasteiger partial charge in [0, 0.05) is 31.1 Å². The molecule has 5 nitrogen and oxygen atoms in total. The molecule has 1 aliphatic carbocycles. The van der Waals surface area contributed by atoms with Crippen molar-refractivity contribution in [2.45, 2.75) is 64.5 Å². The summed E-state index contributed by atoms with van der Waals surface area (Å²) in [5, 5.41) is 6.08. The second-order valence-electron chi connectivity index (χ2n) is 6.36. The molecule has 1 aliphatic heterocycles. The van der Waals surface area contributed by atoms with Gasteiger partial charge in [-0.05, 0) is 39.5 Å². The standard InChI is InChI=1S/C15H27N3O2/c1-11(2)16-15(20)18-9-7-13(8-10-18)17-14(19)12-5-3-4-6-12/h11-13H,3-10H2,1-2H3,(H,16,20)(H,17,19). The monoisotopic (exact) mass is 281 g/mol. The summed E-state index contributed by atoms with van der Waals surface area (Å²) in [5.74, 6) is 0.463. The van der Waals surface area contributed by atoms with E-state index in [0.29, 0.717) is 0 Å². The van der Waals surface area contributed by atoms with Gasteiger partial charge in [-0.1, -0.05) is 12.8 Å². The summed E-state index contributed by atoms with van der Waals surface area (Å²) in [6.07, 6.45) is 6.19. The fourth-order valence-corrected chi connectivity index (χ4v) is 3.07. The molecule has 0 spiro atoms. The van der Waals surface area contributed by atoms with Gasteiger partial charge in [0.05, 0.1) is 0 Å². The Bertz CT molecular complexity index is 343. The predicted molar refractivity (Wildman–Crippen MR) is 78.4 cm³/mol. The minimum atomic E-state index is 0.0144. The number of likely N-dealkylation sites (tertiary alicyclic amines) is 1. The van der Waals surface area contributed by atoms with Crippen LogP contribution in [0.5, 0.6) is 0 Å². The van der Waals surface area contributed by atoms with Crippen molar-refractivity contribution in [2.75, 3.05) is 13.1 Å². The van der Waals surface area contributed by atoms with Gasteiger partial charge < -0.3 is 15.5 Å². The maximum absolute atomic E-state index is 12.1. The summed E-state index contributed by atoms with van der Waals surface area (Å²) in [7, 11) is 0. The van der Waals surface area contributed by atoms with Crippen LogP contribution in [0.4, 0.5) is 4.79 Å². The largest absolute Gasteiger partial charge is 0.353 e. The maximum atomic E-state index is 12.1. The van der Waals surface area contributed by atoms with Gasteiger partial charge in [-0.15, -0.1) is 0 Å². The van der Waals surface area contributed by atoms with Crippen molar-refractivity contribution < 1.29 is 9.59 Å². The van der Waals surface area contributed by atoms with E-state index in [0.717, 1.165) is 38.8 Å². The van der Waals surface area contributed by atoms with Crippen molar-refractivity contribution >= 4 is 11.9 Å². The average molecular weight is 281 g/mol. The molecule has 5 heteroatoms. The van der Waals surface area contributed by atoms with Crippen LogP contribution in [0.2, 0.25) is 0 Å². The zero-order valence-electron chi connectivity index (χ0n) is 12.7. The van der Waals surface area contributed by atoms with Crippen LogP contribution in [0.1, 0.15) is 52.4 Å². The Kier molecular flexibility index (Phi) is 5.26. The Morgan fingerprint density at radius 2 is 1.65 bits per heavy atom. The highest BCUT2D eigenvalue weighted by Crippen LogP contribution is 2.25. The van der Waals surface area contributed by atoms with Crippen LogP contribution in [0, 0.1) is 5.92 Å². The fraction of sp³-hybridized carbons (Fsp3) is 0.867. The van der Waals surface area contributed by atoms with Crippen LogP contribution in [0.3, 0.4) is 0 Å². The molecule has 2 fully saturated rings. The lowest BCUT2D eigenvalue weighted by atomic mass is 10.0. The molecule has 1 saturated carbocycles.